The molecule has 1 unspecified atom stereocenters. The number of carbonyl (C=O) groups excluding carboxylic acids is 1. The summed E-state index contributed by atoms with van der Waals surface area (Å²) < 4.78 is 25.7. The van der Waals surface area contributed by atoms with Gasteiger partial charge in [-0.25, -0.2) is 18.2 Å². The van der Waals surface area contributed by atoms with Gasteiger partial charge in [-0.3, -0.25) is 4.79 Å². The molecule has 146 valence electrons. The predicted octanol–water partition coefficient (Wildman–Crippen LogP) is 2.75. The number of primary sulfonamides is 1. The van der Waals surface area contributed by atoms with E-state index in [4.69, 9.17) is 34.1 Å². The second-order valence-electron chi connectivity index (χ2n) is 6.24. The van der Waals surface area contributed by atoms with E-state index in [2.05, 4.69) is 5.10 Å². The van der Waals surface area contributed by atoms with Gasteiger partial charge in [0.2, 0.25) is 15.9 Å². The normalized spacial score (nSPS) is 12.7. The third-order valence-corrected chi connectivity index (χ3v) is 5.65. The minimum Gasteiger partial charge on any atom is -0.369 e. The van der Waals surface area contributed by atoms with Gasteiger partial charge in [-0.05, 0) is 36.2 Å². The molecule has 0 radical (unpaired) electrons. The number of nitrogens with zero attached hydrogens (tertiary/aromatic N) is 2. The number of halogens is 2. The van der Waals surface area contributed by atoms with Gasteiger partial charge in [-0.15, -0.1) is 0 Å². The Kier molecular flexibility index (Phi) is 5.49. The number of hydrogen-bond donors (Lipinski definition) is 2. The second-order valence-corrected chi connectivity index (χ2v) is 8.61. The molecule has 4 N–H and O–H groups in total. The van der Waals surface area contributed by atoms with E-state index in [1.807, 2.05) is 6.92 Å². The minimum atomic E-state index is -4.14. The van der Waals surface area contributed by atoms with Crippen LogP contribution in [0.5, 0.6) is 0 Å². The van der Waals surface area contributed by atoms with Crippen molar-refractivity contribution in [1.82, 2.24) is 9.78 Å². The molecular formula is C18H16Cl2N4O3S. The average Bonchev–Trinajstić information content (AvgIpc) is 3.03. The van der Waals surface area contributed by atoms with E-state index >= 15 is 0 Å². The molecule has 3 aromatic rings. The van der Waals surface area contributed by atoms with Gasteiger partial charge in [0.15, 0.2) is 0 Å². The van der Waals surface area contributed by atoms with Crippen molar-refractivity contribution in [1.29, 1.82) is 0 Å². The SMILES string of the molecule is Cc1ccc(Cl)c(C(C(N)=O)c2ccc(-n3cc(Cl)cn3)c(S(N)(=O)=O)c2)c1. The first kappa shape index (κ1) is 20.3. The van der Waals surface area contributed by atoms with Crippen molar-refractivity contribution < 1.29 is 13.2 Å². The van der Waals surface area contributed by atoms with E-state index in [9.17, 15) is 13.2 Å². The van der Waals surface area contributed by atoms with Crippen LogP contribution in [0.25, 0.3) is 5.69 Å². The Hall–Kier alpha value is -2.39. The number of sulfonamides is 1. The summed E-state index contributed by atoms with van der Waals surface area (Å²) in [5.74, 6) is -1.63. The van der Waals surface area contributed by atoms with Crippen LogP contribution in [0.3, 0.4) is 0 Å². The highest BCUT2D eigenvalue weighted by Crippen LogP contribution is 2.33. The maximum absolute atomic E-state index is 12.2. The lowest BCUT2D eigenvalue weighted by Crippen LogP contribution is -2.24. The Morgan fingerprint density at radius 1 is 1.18 bits per heavy atom. The van der Waals surface area contributed by atoms with Crippen LogP contribution in [0.1, 0.15) is 22.6 Å². The summed E-state index contributed by atoms with van der Waals surface area (Å²) in [4.78, 5) is 12.0. The number of aromatic nitrogens is 2. The number of hydrogen-bond acceptors (Lipinski definition) is 4. The first-order valence-electron chi connectivity index (χ1n) is 8.00. The maximum atomic E-state index is 12.2. The van der Waals surface area contributed by atoms with E-state index in [1.165, 1.54) is 29.2 Å². The Labute approximate surface area is 171 Å². The van der Waals surface area contributed by atoms with Crippen molar-refractivity contribution in [2.45, 2.75) is 17.7 Å². The van der Waals surface area contributed by atoms with Gasteiger partial charge in [0.05, 0.1) is 22.8 Å². The molecule has 1 amide bonds. The molecule has 1 aromatic heterocycles. The number of aryl methyl sites for hydroxylation is 1. The molecule has 10 heteroatoms. The number of primary amides is 1. The molecule has 0 saturated heterocycles. The van der Waals surface area contributed by atoms with Gasteiger partial charge < -0.3 is 5.73 Å². The number of amides is 1. The van der Waals surface area contributed by atoms with Gasteiger partial charge in [0.1, 0.15) is 4.90 Å². The third kappa shape index (κ3) is 4.05. The zero-order valence-corrected chi connectivity index (χ0v) is 17.0. The lowest BCUT2D eigenvalue weighted by molar-refractivity contribution is -0.118. The monoisotopic (exact) mass is 438 g/mol. The number of nitrogens with two attached hydrogens (primary N) is 2. The molecule has 7 nitrogen and oxygen atoms in total. The quantitative estimate of drug-likeness (QED) is 0.635. The van der Waals surface area contributed by atoms with Crippen LogP contribution in [0.2, 0.25) is 10.0 Å². The second kappa shape index (κ2) is 7.56. The zero-order valence-electron chi connectivity index (χ0n) is 14.6. The molecule has 0 aliphatic carbocycles. The molecule has 0 spiro atoms. The molecule has 1 atom stereocenters. The zero-order chi connectivity index (χ0) is 20.6. The molecule has 28 heavy (non-hydrogen) atoms. The largest absolute Gasteiger partial charge is 0.369 e. The van der Waals surface area contributed by atoms with Crippen LogP contribution in [0.15, 0.2) is 53.7 Å². The van der Waals surface area contributed by atoms with Crippen LogP contribution in [-0.4, -0.2) is 24.1 Å². The summed E-state index contributed by atoms with van der Waals surface area (Å²) in [5, 5.41) is 10.1. The Bertz CT molecular complexity index is 1180. The number of benzene rings is 2. The molecule has 0 bridgehead atoms. The summed E-state index contributed by atoms with van der Waals surface area (Å²) in [6, 6.07) is 9.54. The van der Waals surface area contributed by atoms with Crippen LogP contribution in [-0.2, 0) is 14.8 Å². The summed E-state index contributed by atoms with van der Waals surface area (Å²) in [5.41, 5.74) is 7.50. The molecular weight excluding hydrogens is 423 g/mol. The van der Waals surface area contributed by atoms with Gasteiger partial charge in [0.25, 0.3) is 0 Å². The highest BCUT2D eigenvalue weighted by Gasteiger charge is 2.26. The lowest BCUT2D eigenvalue weighted by Gasteiger charge is -2.18. The Balaban J connectivity index is 2.23. The number of carbonyl (C=O) groups is 1. The van der Waals surface area contributed by atoms with Crippen molar-refractivity contribution in [3.05, 3.63) is 75.5 Å². The summed E-state index contributed by atoms with van der Waals surface area (Å²) >= 11 is 12.1. The Morgan fingerprint density at radius 2 is 1.89 bits per heavy atom. The van der Waals surface area contributed by atoms with E-state index in [-0.39, 0.29) is 10.6 Å². The van der Waals surface area contributed by atoms with Crippen LogP contribution < -0.4 is 10.9 Å². The average molecular weight is 439 g/mol. The summed E-state index contributed by atoms with van der Waals surface area (Å²) in [7, 11) is -4.14. The fourth-order valence-electron chi connectivity index (χ4n) is 2.94. The first-order valence-corrected chi connectivity index (χ1v) is 10.3. The van der Waals surface area contributed by atoms with Gasteiger partial charge >= 0.3 is 0 Å². The van der Waals surface area contributed by atoms with E-state index in [0.717, 1.165) is 5.56 Å². The molecule has 0 aliphatic heterocycles. The highest BCUT2D eigenvalue weighted by atomic mass is 35.5. The standard InChI is InChI=1S/C18H16Cl2N4O3S/c1-10-2-4-14(20)13(6-10)17(18(21)25)11-3-5-15(16(7-11)28(22,26)27)24-9-12(19)8-23-24/h2-9,17H,1H3,(H2,21,25)(H2,22,26,27). The molecule has 0 saturated carbocycles. The molecule has 2 aromatic carbocycles. The lowest BCUT2D eigenvalue weighted by atomic mass is 9.89. The topological polar surface area (TPSA) is 121 Å². The van der Waals surface area contributed by atoms with Crippen LogP contribution in [0, 0.1) is 6.92 Å². The van der Waals surface area contributed by atoms with Crippen molar-refractivity contribution in [3.63, 3.8) is 0 Å². The molecule has 3 rings (SSSR count). The van der Waals surface area contributed by atoms with Crippen molar-refractivity contribution in [3.8, 4) is 5.69 Å². The summed E-state index contributed by atoms with van der Waals surface area (Å²) in [6.45, 7) is 1.85. The molecule has 0 aliphatic rings. The van der Waals surface area contributed by atoms with Gasteiger partial charge in [-0.2, -0.15) is 5.10 Å². The predicted molar refractivity (Wildman–Crippen MR) is 107 cm³/mol. The maximum Gasteiger partial charge on any atom is 0.240 e. The minimum absolute atomic E-state index is 0.191. The summed E-state index contributed by atoms with van der Waals surface area (Å²) in [6.07, 6.45) is 2.80. The van der Waals surface area contributed by atoms with Crippen molar-refractivity contribution in [2.75, 3.05) is 0 Å². The van der Waals surface area contributed by atoms with Gasteiger partial charge in [-0.1, -0.05) is 47.0 Å². The van der Waals surface area contributed by atoms with Crippen molar-refractivity contribution in [2.24, 2.45) is 10.9 Å². The van der Waals surface area contributed by atoms with E-state index in [1.54, 1.807) is 24.3 Å². The Morgan fingerprint density at radius 3 is 2.46 bits per heavy atom. The first-order chi connectivity index (χ1) is 13.1. The van der Waals surface area contributed by atoms with Crippen molar-refractivity contribution >= 4 is 39.1 Å². The third-order valence-electron chi connectivity index (χ3n) is 4.17. The molecule has 1 heterocycles. The van der Waals surface area contributed by atoms with Crippen LogP contribution >= 0.6 is 23.2 Å². The van der Waals surface area contributed by atoms with E-state index in [0.29, 0.717) is 21.2 Å². The molecule has 0 fully saturated rings. The number of rotatable bonds is 5. The fraction of sp³-hybridized carbons (Fsp3) is 0.111. The smallest absolute Gasteiger partial charge is 0.240 e. The fourth-order valence-corrected chi connectivity index (χ4v) is 4.06. The highest BCUT2D eigenvalue weighted by molar-refractivity contribution is 7.89. The van der Waals surface area contributed by atoms with Gasteiger partial charge in [0, 0.05) is 11.2 Å². The van der Waals surface area contributed by atoms with E-state index < -0.39 is 21.8 Å². The van der Waals surface area contributed by atoms with Crippen LogP contribution in [0.4, 0.5) is 0 Å².